The van der Waals surface area contributed by atoms with E-state index in [2.05, 4.69) is 47.8 Å². The molecule has 1 heterocycles. The average Bonchev–Trinajstić information content (AvgIpc) is 2.74. The van der Waals surface area contributed by atoms with Crippen molar-refractivity contribution in [2.45, 2.75) is 64.5 Å². The highest BCUT2D eigenvalue weighted by atomic mass is 127. The lowest BCUT2D eigenvalue weighted by Crippen LogP contribution is -2.41. The van der Waals surface area contributed by atoms with Gasteiger partial charge in [0.2, 0.25) is 0 Å². The van der Waals surface area contributed by atoms with Gasteiger partial charge in [0.1, 0.15) is 0 Å². The normalized spacial score (nSPS) is 35.1. The summed E-state index contributed by atoms with van der Waals surface area (Å²) in [5.41, 5.74) is 1.62. The van der Waals surface area contributed by atoms with Crippen molar-refractivity contribution in [3.63, 3.8) is 0 Å². The van der Waals surface area contributed by atoms with Gasteiger partial charge in [-0.05, 0) is 84.6 Å². The first-order chi connectivity index (χ1) is 9.13. The van der Waals surface area contributed by atoms with Gasteiger partial charge in [-0.2, -0.15) is 0 Å². The smallest absolute Gasteiger partial charge is 0.0659 e. The zero-order chi connectivity index (χ0) is 13.4. The molecule has 0 saturated heterocycles. The summed E-state index contributed by atoms with van der Waals surface area (Å²) in [5.74, 6) is 1.77. The van der Waals surface area contributed by atoms with Gasteiger partial charge in [0.05, 0.1) is 2.88 Å². The van der Waals surface area contributed by atoms with Gasteiger partial charge in [-0.25, -0.2) is 0 Å². The monoisotopic (exact) mass is 389 g/mol. The van der Waals surface area contributed by atoms with Gasteiger partial charge in [0.25, 0.3) is 0 Å². The maximum atomic E-state index is 4.00. The maximum Gasteiger partial charge on any atom is 0.0659 e. The third-order valence-electron chi connectivity index (χ3n) is 4.93. The molecular weight excluding hydrogens is 365 g/mol. The van der Waals surface area contributed by atoms with E-state index in [0.29, 0.717) is 6.04 Å². The molecule has 2 aliphatic carbocycles. The Morgan fingerprint density at radius 3 is 2.89 bits per heavy atom. The van der Waals surface area contributed by atoms with Crippen LogP contribution in [0.4, 0.5) is 0 Å². The number of fused-ring (bicyclic) bond motifs is 1. The van der Waals surface area contributed by atoms with Crippen molar-refractivity contribution in [1.82, 2.24) is 5.32 Å². The molecule has 2 aliphatic rings. The molecule has 19 heavy (non-hydrogen) atoms. The minimum absolute atomic E-state index is 0.629. The molecule has 0 radical (unpaired) electrons. The molecule has 1 saturated carbocycles. The Morgan fingerprint density at radius 2 is 2.11 bits per heavy atom. The highest BCUT2D eigenvalue weighted by molar-refractivity contribution is 14.1. The fourth-order valence-electron chi connectivity index (χ4n) is 3.87. The third kappa shape index (κ3) is 3.18. The summed E-state index contributed by atoms with van der Waals surface area (Å²) < 4.78 is 1.46. The average molecular weight is 389 g/mol. The van der Waals surface area contributed by atoms with Crippen LogP contribution in [0.3, 0.4) is 0 Å². The van der Waals surface area contributed by atoms with Crippen molar-refractivity contribution < 1.29 is 0 Å². The molecule has 0 aromatic carbocycles. The number of thiophene rings is 1. The fraction of sp³-hybridized carbons (Fsp3) is 0.750. The Morgan fingerprint density at radius 1 is 1.26 bits per heavy atom. The number of nitrogens with one attached hydrogen (secondary N) is 1. The quantitative estimate of drug-likeness (QED) is 0.691. The largest absolute Gasteiger partial charge is 0.307 e. The van der Waals surface area contributed by atoms with Crippen molar-refractivity contribution in [3.8, 4) is 0 Å². The molecule has 0 aliphatic heterocycles. The summed E-state index contributed by atoms with van der Waals surface area (Å²) in [4.78, 5) is 1.64. The molecule has 4 atom stereocenters. The van der Waals surface area contributed by atoms with Crippen LogP contribution in [-0.2, 0) is 6.42 Å². The second kappa shape index (κ2) is 6.02. The van der Waals surface area contributed by atoms with Gasteiger partial charge in [0.15, 0.2) is 0 Å². The lowest BCUT2D eigenvalue weighted by atomic mass is 9.79. The molecule has 1 N–H and O–H groups in total. The summed E-state index contributed by atoms with van der Waals surface area (Å²) in [5, 5.41) is 4.00. The molecule has 3 heteroatoms. The van der Waals surface area contributed by atoms with E-state index in [4.69, 9.17) is 0 Å². The first-order valence-electron chi connectivity index (χ1n) is 7.67. The predicted molar refractivity (Wildman–Crippen MR) is 91.8 cm³/mol. The number of halogens is 1. The Balaban J connectivity index is 1.70. The van der Waals surface area contributed by atoms with Gasteiger partial charge in [0, 0.05) is 17.0 Å². The third-order valence-corrected chi connectivity index (χ3v) is 6.90. The number of rotatable bonds is 2. The van der Waals surface area contributed by atoms with Gasteiger partial charge >= 0.3 is 0 Å². The Hall–Kier alpha value is 0.390. The van der Waals surface area contributed by atoms with E-state index < -0.39 is 0 Å². The molecule has 4 unspecified atom stereocenters. The van der Waals surface area contributed by atoms with Crippen LogP contribution >= 0.6 is 33.9 Å². The fourth-order valence-corrected chi connectivity index (χ4v) is 5.99. The first-order valence-corrected chi connectivity index (χ1v) is 9.57. The first kappa shape index (κ1) is 14.3. The summed E-state index contributed by atoms with van der Waals surface area (Å²) in [6.07, 6.45) is 8.17. The molecule has 0 bridgehead atoms. The summed E-state index contributed by atoms with van der Waals surface area (Å²) in [7, 11) is 0. The van der Waals surface area contributed by atoms with E-state index in [1.54, 1.807) is 10.4 Å². The standard InChI is InChI=1S/C16H24INS/c1-10-6-7-13(11(2)8-10)18-14-4-3-5-15-12(14)9-16(17)19-15/h9-11,13-14,18H,3-8H2,1-2H3. The molecule has 1 nitrogen and oxygen atoms in total. The molecule has 3 rings (SSSR count). The molecule has 106 valence electrons. The minimum Gasteiger partial charge on any atom is -0.307 e. The highest BCUT2D eigenvalue weighted by Crippen LogP contribution is 2.38. The summed E-state index contributed by atoms with van der Waals surface area (Å²) in [6.45, 7) is 4.85. The van der Waals surface area contributed by atoms with Crippen LogP contribution in [0.1, 0.15) is 62.4 Å². The van der Waals surface area contributed by atoms with Crippen LogP contribution in [0.2, 0.25) is 0 Å². The van der Waals surface area contributed by atoms with E-state index in [1.807, 2.05) is 11.3 Å². The highest BCUT2D eigenvalue weighted by Gasteiger charge is 2.30. The number of hydrogen-bond acceptors (Lipinski definition) is 2. The SMILES string of the molecule is CC1CCC(NC2CCCc3sc(I)cc32)C(C)C1. The number of hydrogen-bond donors (Lipinski definition) is 1. The van der Waals surface area contributed by atoms with Crippen molar-refractivity contribution in [1.29, 1.82) is 0 Å². The molecule has 0 spiro atoms. The van der Waals surface area contributed by atoms with E-state index >= 15 is 0 Å². The second-order valence-electron chi connectivity index (χ2n) is 6.54. The molecule has 0 amide bonds. The van der Waals surface area contributed by atoms with Gasteiger partial charge in [-0.1, -0.05) is 13.8 Å². The zero-order valence-electron chi connectivity index (χ0n) is 11.9. The van der Waals surface area contributed by atoms with E-state index in [-0.39, 0.29) is 0 Å². The van der Waals surface area contributed by atoms with Crippen LogP contribution in [0.25, 0.3) is 0 Å². The van der Waals surface area contributed by atoms with Crippen LogP contribution in [0.15, 0.2) is 6.07 Å². The van der Waals surface area contributed by atoms with Gasteiger partial charge < -0.3 is 5.32 Å². The lowest BCUT2D eigenvalue weighted by Gasteiger charge is -2.37. The van der Waals surface area contributed by atoms with Crippen LogP contribution in [0, 0.1) is 14.7 Å². The van der Waals surface area contributed by atoms with E-state index in [9.17, 15) is 0 Å². The molecular formula is C16H24INS. The van der Waals surface area contributed by atoms with Crippen LogP contribution in [-0.4, -0.2) is 6.04 Å². The topological polar surface area (TPSA) is 12.0 Å². The van der Waals surface area contributed by atoms with E-state index in [1.165, 1.54) is 41.4 Å². The minimum atomic E-state index is 0.629. The van der Waals surface area contributed by atoms with Crippen LogP contribution < -0.4 is 5.32 Å². The molecule has 1 fully saturated rings. The summed E-state index contributed by atoms with van der Waals surface area (Å²) >= 11 is 4.48. The Labute approximate surface area is 134 Å². The maximum absolute atomic E-state index is 4.00. The van der Waals surface area contributed by atoms with E-state index in [0.717, 1.165) is 17.9 Å². The van der Waals surface area contributed by atoms with Gasteiger partial charge in [-0.3, -0.25) is 0 Å². The lowest BCUT2D eigenvalue weighted by molar-refractivity contribution is 0.208. The predicted octanol–water partition coefficient (Wildman–Crippen LogP) is 5.14. The molecule has 1 aromatic rings. The Bertz CT molecular complexity index is 442. The van der Waals surface area contributed by atoms with Crippen molar-refractivity contribution in [2.24, 2.45) is 11.8 Å². The van der Waals surface area contributed by atoms with Crippen molar-refractivity contribution in [2.75, 3.05) is 0 Å². The van der Waals surface area contributed by atoms with Crippen molar-refractivity contribution in [3.05, 3.63) is 19.4 Å². The van der Waals surface area contributed by atoms with Crippen LogP contribution in [0.5, 0.6) is 0 Å². The number of aryl methyl sites for hydroxylation is 1. The second-order valence-corrected chi connectivity index (χ2v) is 9.57. The molecule has 1 aromatic heterocycles. The van der Waals surface area contributed by atoms with Gasteiger partial charge in [-0.15, -0.1) is 11.3 Å². The zero-order valence-corrected chi connectivity index (χ0v) is 14.9. The van der Waals surface area contributed by atoms with Crippen molar-refractivity contribution >= 4 is 33.9 Å². The Kier molecular flexibility index (Phi) is 4.54. The summed E-state index contributed by atoms with van der Waals surface area (Å²) in [6, 6.07) is 3.79.